The minimum Gasteiger partial charge on any atom is -0.396 e. The van der Waals surface area contributed by atoms with Crippen molar-refractivity contribution in [3.63, 3.8) is 0 Å². The molecule has 10 atom stereocenters. The number of fused-ring (bicyclic) bond motifs is 7. The predicted molar refractivity (Wildman–Crippen MR) is 131 cm³/mol. The number of hydrogen-bond acceptors (Lipinski definition) is 1. The normalized spacial score (nSPS) is 56.7. The molecule has 0 radical (unpaired) electrons. The van der Waals surface area contributed by atoms with E-state index in [0.717, 1.165) is 29.6 Å². The lowest BCUT2D eigenvalue weighted by Gasteiger charge is -2.73. The number of aliphatic hydroxyl groups excluding tert-OH is 1. The van der Waals surface area contributed by atoms with Crippen LogP contribution < -0.4 is 0 Å². The third-order valence-electron chi connectivity index (χ3n) is 13.8. The SMILES string of the molecule is CC(CO)[C@H]1CC[C@]2(C)[C@H]3CC[C@@H]4[C@@]5(C)CCCC(C)(C)[C@@H]5CC[C@@]4(C)[C@]3(C)CC[C@@H]12. The van der Waals surface area contributed by atoms with Crippen LogP contribution in [-0.4, -0.2) is 11.7 Å². The van der Waals surface area contributed by atoms with E-state index in [1.807, 2.05) is 0 Å². The van der Waals surface area contributed by atoms with Crippen LogP contribution in [0.2, 0.25) is 0 Å². The molecule has 5 saturated carbocycles. The van der Waals surface area contributed by atoms with Crippen molar-refractivity contribution in [2.24, 2.45) is 62.6 Å². The maximum absolute atomic E-state index is 9.93. The fraction of sp³-hybridized carbons (Fsp3) is 1.00. The van der Waals surface area contributed by atoms with Crippen LogP contribution in [0.4, 0.5) is 0 Å². The van der Waals surface area contributed by atoms with Crippen LogP contribution in [0.5, 0.6) is 0 Å². The Morgan fingerprint density at radius 2 is 1.29 bits per heavy atom. The third-order valence-corrected chi connectivity index (χ3v) is 13.8. The van der Waals surface area contributed by atoms with Crippen molar-refractivity contribution in [3.8, 4) is 0 Å². The summed E-state index contributed by atoms with van der Waals surface area (Å²) in [6.45, 7) is 18.9. The Morgan fingerprint density at radius 1 is 0.677 bits per heavy atom. The summed E-state index contributed by atoms with van der Waals surface area (Å²) in [6.07, 6.45) is 16.0. The number of aliphatic hydroxyl groups is 1. The number of rotatable bonds is 2. The molecule has 0 aromatic carbocycles. The van der Waals surface area contributed by atoms with Crippen LogP contribution in [0.25, 0.3) is 0 Å². The molecule has 0 aromatic heterocycles. The van der Waals surface area contributed by atoms with Crippen LogP contribution in [0.15, 0.2) is 0 Å². The molecule has 178 valence electrons. The summed E-state index contributed by atoms with van der Waals surface area (Å²) in [5, 5.41) is 9.93. The van der Waals surface area contributed by atoms with Gasteiger partial charge in [0, 0.05) is 6.61 Å². The second-order valence-electron chi connectivity index (χ2n) is 15.0. The highest BCUT2D eigenvalue weighted by atomic mass is 16.3. The highest BCUT2D eigenvalue weighted by molar-refractivity contribution is 5.19. The molecular formula is C30H52O. The standard InChI is InChI=1S/C30H52O/c1-20(19-31)21-11-16-27(4)22(21)12-17-29(6)24(27)9-10-25-28(5)15-8-14-26(2,3)23(28)13-18-30(25,29)7/h20-25,31H,8-19H2,1-7H3/t20?,21-,22+,23+,24-,25-,27+,28+,29-,30-/m1/s1. The monoisotopic (exact) mass is 428 g/mol. The minimum absolute atomic E-state index is 0.383. The van der Waals surface area contributed by atoms with Crippen LogP contribution in [0.1, 0.15) is 119 Å². The Kier molecular flexibility index (Phi) is 5.13. The highest BCUT2D eigenvalue weighted by Crippen LogP contribution is 2.78. The Hall–Kier alpha value is -0.0400. The van der Waals surface area contributed by atoms with E-state index in [-0.39, 0.29) is 0 Å². The van der Waals surface area contributed by atoms with Crippen LogP contribution in [0.3, 0.4) is 0 Å². The maximum atomic E-state index is 9.93. The van der Waals surface area contributed by atoms with E-state index in [4.69, 9.17) is 0 Å². The summed E-state index contributed by atoms with van der Waals surface area (Å²) in [5.74, 6) is 4.86. The first-order valence-corrected chi connectivity index (χ1v) is 14.0. The van der Waals surface area contributed by atoms with E-state index >= 15 is 0 Å². The van der Waals surface area contributed by atoms with Crippen LogP contribution in [-0.2, 0) is 0 Å². The molecule has 5 aliphatic carbocycles. The molecule has 0 saturated heterocycles. The molecular weight excluding hydrogens is 376 g/mol. The van der Waals surface area contributed by atoms with E-state index in [1.165, 1.54) is 70.6 Å². The van der Waals surface area contributed by atoms with Gasteiger partial charge < -0.3 is 5.11 Å². The third kappa shape index (κ3) is 2.77. The fourth-order valence-corrected chi connectivity index (χ4v) is 12.2. The Balaban J connectivity index is 1.50. The zero-order chi connectivity index (χ0) is 22.4. The molecule has 1 heteroatoms. The van der Waals surface area contributed by atoms with E-state index < -0.39 is 0 Å². The van der Waals surface area contributed by atoms with E-state index in [0.29, 0.717) is 39.6 Å². The van der Waals surface area contributed by atoms with Gasteiger partial charge in [-0.15, -0.1) is 0 Å². The molecule has 0 heterocycles. The first-order chi connectivity index (χ1) is 14.4. The molecule has 1 N–H and O–H groups in total. The second kappa shape index (κ2) is 6.99. The van der Waals surface area contributed by atoms with Gasteiger partial charge in [0.15, 0.2) is 0 Å². The van der Waals surface area contributed by atoms with E-state index in [2.05, 4.69) is 48.5 Å². The van der Waals surface area contributed by atoms with Gasteiger partial charge in [-0.1, -0.05) is 54.9 Å². The molecule has 1 nitrogen and oxygen atoms in total. The Labute approximate surface area is 193 Å². The molecule has 0 aromatic rings. The summed E-state index contributed by atoms with van der Waals surface area (Å²) in [5.41, 5.74) is 2.63. The van der Waals surface area contributed by atoms with E-state index in [1.54, 1.807) is 0 Å². The van der Waals surface area contributed by atoms with Gasteiger partial charge in [-0.2, -0.15) is 0 Å². The van der Waals surface area contributed by atoms with Gasteiger partial charge in [0.2, 0.25) is 0 Å². The van der Waals surface area contributed by atoms with Crippen molar-refractivity contribution in [1.29, 1.82) is 0 Å². The van der Waals surface area contributed by atoms with Crippen molar-refractivity contribution in [3.05, 3.63) is 0 Å². The van der Waals surface area contributed by atoms with E-state index in [9.17, 15) is 5.11 Å². The van der Waals surface area contributed by atoms with Crippen molar-refractivity contribution in [2.75, 3.05) is 6.61 Å². The Bertz CT molecular complexity index is 711. The second-order valence-corrected chi connectivity index (χ2v) is 15.0. The van der Waals surface area contributed by atoms with Gasteiger partial charge >= 0.3 is 0 Å². The van der Waals surface area contributed by atoms with Gasteiger partial charge in [0.05, 0.1) is 0 Å². The quantitative estimate of drug-likeness (QED) is 0.471. The van der Waals surface area contributed by atoms with Crippen molar-refractivity contribution in [1.82, 2.24) is 0 Å². The summed E-state index contributed by atoms with van der Waals surface area (Å²) >= 11 is 0. The number of hydrogen-bond donors (Lipinski definition) is 1. The highest BCUT2D eigenvalue weighted by Gasteiger charge is 2.70. The van der Waals surface area contributed by atoms with Crippen molar-refractivity contribution >= 4 is 0 Å². The summed E-state index contributed by atoms with van der Waals surface area (Å²) in [7, 11) is 0. The lowest BCUT2D eigenvalue weighted by Crippen LogP contribution is -2.65. The fourth-order valence-electron chi connectivity index (χ4n) is 12.2. The molecule has 0 spiro atoms. The van der Waals surface area contributed by atoms with Crippen LogP contribution >= 0.6 is 0 Å². The summed E-state index contributed by atoms with van der Waals surface area (Å²) in [4.78, 5) is 0. The minimum atomic E-state index is 0.383. The smallest absolute Gasteiger partial charge is 0.0459 e. The molecule has 31 heavy (non-hydrogen) atoms. The van der Waals surface area contributed by atoms with Crippen LogP contribution in [0, 0.1) is 62.6 Å². The lowest BCUT2D eigenvalue weighted by atomic mass is 9.32. The largest absolute Gasteiger partial charge is 0.396 e. The lowest BCUT2D eigenvalue weighted by molar-refractivity contribution is -0.241. The molecule has 5 rings (SSSR count). The topological polar surface area (TPSA) is 20.2 Å². The zero-order valence-corrected chi connectivity index (χ0v) is 21.9. The summed E-state index contributed by atoms with van der Waals surface area (Å²) < 4.78 is 0. The summed E-state index contributed by atoms with van der Waals surface area (Å²) in [6, 6.07) is 0. The molecule has 1 unspecified atom stereocenters. The molecule has 0 bridgehead atoms. The first kappa shape index (κ1) is 22.7. The molecule has 5 fully saturated rings. The van der Waals surface area contributed by atoms with Gasteiger partial charge in [-0.05, 0) is 127 Å². The molecule has 0 aliphatic heterocycles. The predicted octanol–water partition coefficient (Wildman–Crippen LogP) is 8.11. The molecule has 0 amide bonds. The van der Waals surface area contributed by atoms with Gasteiger partial charge in [-0.25, -0.2) is 0 Å². The maximum Gasteiger partial charge on any atom is 0.0459 e. The van der Waals surface area contributed by atoms with Gasteiger partial charge in [0.25, 0.3) is 0 Å². The zero-order valence-electron chi connectivity index (χ0n) is 21.9. The van der Waals surface area contributed by atoms with Crippen molar-refractivity contribution in [2.45, 2.75) is 119 Å². The Morgan fingerprint density at radius 3 is 1.94 bits per heavy atom. The average molecular weight is 429 g/mol. The molecule has 5 aliphatic rings. The average Bonchev–Trinajstić information content (AvgIpc) is 3.04. The first-order valence-electron chi connectivity index (χ1n) is 14.0. The van der Waals surface area contributed by atoms with Gasteiger partial charge in [0.1, 0.15) is 0 Å². The van der Waals surface area contributed by atoms with Crippen molar-refractivity contribution < 1.29 is 5.11 Å². The van der Waals surface area contributed by atoms with Gasteiger partial charge in [-0.3, -0.25) is 0 Å².